The Hall–Kier alpha value is -3.43. The predicted molar refractivity (Wildman–Crippen MR) is 126 cm³/mol. The number of hydrogen-bond donors (Lipinski definition) is 2. The summed E-state index contributed by atoms with van der Waals surface area (Å²) in [6.45, 7) is 10.7. The van der Waals surface area contributed by atoms with Crippen molar-refractivity contribution in [2.24, 2.45) is 5.92 Å². The molecular weight excluding hydrogens is 429 g/mol. The summed E-state index contributed by atoms with van der Waals surface area (Å²) in [5, 5.41) is 5.31. The molecule has 0 saturated heterocycles. The number of allylic oxidation sites excluding steroid dienone is 1. The van der Waals surface area contributed by atoms with Crippen LogP contribution in [-0.2, 0) is 16.1 Å². The number of amides is 2. The van der Waals surface area contributed by atoms with Crippen LogP contribution in [-0.4, -0.2) is 16.8 Å². The summed E-state index contributed by atoms with van der Waals surface area (Å²) in [4.78, 5) is 28.5. The van der Waals surface area contributed by atoms with Gasteiger partial charge in [0.2, 0.25) is 11.8 Å². The topological polar surface area (TPSA) is 71.1 Å². The number of hydrogen-bond acceptors (Lipinski definition) is 3. The van der Waals surface area contributed by atoms with E-state index in [0.717, 1.165) is 5.56 Å². The molecule has 0 aliphatic carbocycles. The second kappa shape index (κ2) is 11.3. The minimum absolute atomic E-state index is 0.00265. The number of carbonyl (C=O) groups excluding carboxylic acids is 2. The Morgan fingerprint density at radius 2 is 2.00 bits per heavy atom. The van der Waals surface area contributed by atoms with Gasteiger partial charge in [0.25, 0.3) is 0 Å². The van der Waals surface area contributed by atoms with Crippen LogP contribution in [0.5, 0.6) is 0 Å². The van der Waals surface area contributed by atoms with E-state index in [1.165, 1.54) is 18.2 Å². The summed E-state index contributed by atoms with van der Waals surface area (Å²) in [6, 6.07) is 6.56. The van der Waals surface area contributed by atoms with E-state index in [4.69, 9.17) is 11.6 Å². The fourth-order valence-electron chi connectivity index (χ4n) is 2.76. The molecule has 2 rings (SSSR count). The molecule has 1 heterocycles. The molecule has 0 aliphatic rings. The number of rotatable bonds is 7. The highest BCUT2D eigenvalue weighted by atomic mass is 35.5. The predicted octanol–water partition coefficient (Wildman–Crippen LogP) is 4.71. The van der Waals surface area contributed by atoms with E-state index in [1.54, 1.807) is 40.0 Å². The molecule has 1 aromatic carbocycles. The monoisotopic (exact) mass is 453 g/mol. The Kier molecular flexibility index (Phi) is 8.74. The molecule has 0 aliphatic heterocycles. The minimum atomic E-state index is -0.651. The second-order valence-corrected chi connectivity index (χ2v) is 7.78. The van der Waals surface area contributed by atoms with Gasteiger partial charge in [-0.15, -0.1) is 5.92 Å². The molecule has 32 heavy (non-hydrogen) atoms. The lowest BCUT2D eigenvalue weighted by molar-refractivity contribution is -0.124. The van der Waals surface area contributed by atoms with Gasteiger partial charge in [-0.05, 0) is 37.6 Å². The molecule has 2 amide bonds. The third kappa shape index (κ3) is 6.53. The van der Waals surface area contributed by atoms with E-state index in [0.29, 0.717) is 11.3 Å². The van der Waals surface area contributed by atoms with Crippen molar-refractivity contribution in [2.75, 3.05) is 0 Å². The first kappa shape index (κ1) is 24.8. The number of pyridine rings is 1. The average molecular weight is 454 g/mol. The smallest absolute Gasteiger partial charge is 0.248 e. The van der Waals surface area contributed by atoms with E-state index >= 15 is 4.39 Å². The van der Waals surface area contributed by atoms with E-state index in [9.17, 15) is 9.59 Å². The van der Waals surface area contributed by atoms with Gasteiger partial charge in [0.15, 0.2) is 0 Å². The van der Waals surface area contributed by atoms with Crippen molar-refractivity contribution in [1.29, 1.82) is 0 Å². The molecule has 5 nitrogen and oxygen atoms in total. The Bertz CT molecular complexity index is 1130. The molecule has 7 heteroatoms. The van der Waals surface area contributed by atoms with Crippen LogP contribution in [0.4, 0.5) is 4.39 Å². The third-order valence-electron chi connectivity index (χ3n) is 4.51. The number of nitrogens with zero attached hydrogens (tertiary/aromatic N) is 1. The molecule has 2 N–H and O–H groups in total. The Balaban J connectivity index is 2.15. The van der Waals surface area contributed by atoms with Crippen molar-refractivity contribution in [2.45, 2.75) is 34.2 Å². The maximum Gasteiger partial charge on any atom is 0.248 e. The Labute approximate surface area is 192 Å². The van der Waals surface area contributed by atoms with E-state index in [2.05, 4.69) is 34.0 Å². The van der Waals surface area contributed by atoms with Crippen LogP contribution in [0.2, 0.25) is 5.02 Å². The van der Waals surface area contributed by atoms with Crippen molar-refractivity contribution in [3.05, 3.63) is 76.3 Å². The number of nitrogens with one attached hydrogen (secondary N) is 2. The normalized spacial score (nSPS) is 10.9. The van der Waals surface area contributed by atoms with Gasteiger partial charge < -0.3 is 10.6 Å². The standard InChI is InChI=1S/C25H25ClFN3O2/c1-6-7-18-8-11-21(28-13-18)16(4)12-22(31)30-17(5)23-20(26)10-9-19(24(23)27)14-29-25(32)15(2)3/h8-13,15H,5,14H2,1-4H3,(H,29,32)(H,30,31)/b16-12+. The molecule has 166 valence electrons. The van der Waals surface area contributed by atoms with Gasteiger partial charge in [-0.1, -0.05) is 44.0 Å². The molecular formula is C25H25ClFN3O2. The highest BCUT2D eigenvalue weighted by molar-refractivity contribution is 6.32. The molecule has 0 saturated carbocycles. The molecule has 0 fully saturated rings. The first-order chi connectivity index (χ1) is 15.1. The summed E-state index contributed by atoms with van der Waals surface area (Å²) in [7, 11) is 0. The highest BCUT2D eigenvalue weighted by Gasteiger charge is 2.17. The van der Waals surface area contributed by atoms with Crippen molar-refractivity contribution in [3.63, 3.8) is 0 Å². The summed E-state index contributed by atoms with van der Waals surface area (Å²) < 4.78 is 15.0. The molecule has 0 atom stereocenters. The van der Waals surface area contributed by atoms with Gasteiger partial charge in [-0.25, -0.2) is 4.39 Å². The van der Waals surface area contributed by atoms with Gasteiger partial charge in [0, 0.05) is 41.6 Å². The van der Waals surface area contributed by atoms with Gasteiger partial charge in [-0.2, -0.15) is 0 Å². The van der Waals surface area contributed by atoms with Crippen molar-refractivity contribution in [3.8, 4) is 11.8 Å². The Morgan fingerprint density at radius 1 is 1.28 bits per heavy atom. The van der Waals surface area contributed by atoms with E-state index in [-0.39, 0.29) is 40.2 Å². The first-order valence-electron chi connectivity index (χ1n) is 9.96. The molecule has 0 bridgehead atoms. The van der Waals surface area contributed by atoms with Crippen molar-refractivity contribution < 1.29 is 14.0 Å². The van der Waals surface area contributed by atoms with Gasteiger partial charge >= 0.3 is 0 Å². The molecule has 0 unspecified atom stereocenters. The SMILES string of the molecule is C=C(NC(=O)/C=C(\C)c1ccc(C#CC)cn1)c1c(Cl)ccc(CNC(=O)C(C)C)c1F. The maximum absolute atomic E-state index is 15.0. The zero-order chi connectivity index (χ0) is 23.8. The van der Waals surface area contributed by atoms with Crippen LogP contribution < -0.4 is 10.6 Å². The molecule has 2 aromatic rings. The molecule has 0 radical (unpaired) electrons. The second-order valence-electron chi connectivity index (χ2n) is 7.37. The summed E-state index contributed by atoms with van der Waals surface area (Å²) in [5.74, 6) is 4.12. The molecule has 0 spiro atoms. The highest BCUT2D eigenvalue weighted by Crippen LogP contribution is 2.27. The minimum Gasteiger partial charge on any atom is -0.352 e. The summed E-state index contributed by atoms with van der Waals surface area (Å²) in [6.07, 6.45) is 2.97. The van der Waals surface area contributed by atoms with Gasteiger partial charge in [0.05, 0.1) is 16.3 Å². The number of carbonyl (C=O) groups is 2. The average Bonchev–Trinajstić information content (AvgIpc) is 2.73. The quantitative estimate of drug-likeness (QED) is 0.471. The number of aromatic nitrogens is 1. The lowest BCUT2D eigenvalue weighted by Crippen LogP contribution is -2.27. The largest absolute Gasteiger partial charge is 0.352 e. The number of halogens is 2. The van der Waals surface area contributed by atoms with Crippen LogP contribution >= 0.6 is 11.6 Å². The van der Waals surface area contributed by atoms with Crippen LogP contribution in [0.1, 0.15) is 50.1 Å². The fourth-order valence-corrected chi connectivity index (χ4v) is 3.02. The van der Waals surface area contributed by atoms with Crippen LogP contribution in [0.3, 0.4) is 0 Å². The van der Waals surface area contributed by atoms with Gasteiger partial charge in [0.1, 0.15) is 5.82 Å². The van der Waals surface area contributed by atoms with E-state index < -0.39 is 11.7 Å². The number of benzene rings is 1. The third-order valence-corrected chi connectivity index (χ3v) is 4.82. The Morgan fingerprint density at radius 3 is 2.59 bits per heavy atom. The summed E-state index contributed by atoms with van der Waals surface area (Å²) in [5.41, 5.74) is 2.22. The van der Waals surface area contributed by atoms with Crippen molar-refractivity contribution in [1.82, 2.24) is 15.6 Å². The lowest BCUT2D eigenvalue weighted by Gasteiger charge is -2.14. The van der Waals surface area contributed by atoms with Crippen LogP contribution in [0, 0.1) is 23.6 Å². The van der Waals surface area contributed by atoms with E-state index in [1.807, 2.05) is 6.07 Å². The lowest BCUT2D eigenvalue weighted by atomic mass is 10.1. The van der Waals surface area contributed by atoms with Crippen molar-refractivity contribution >= 4 is 34.7 Å². The fraction of sp³-hybridized carbons (Fsp3) is 0.240. The summed E-state index contributed by atoms with van der Waals surface area (Å²) >= 11 is 6.16. The van der Waals surface area contributed by atoms with Crippen LogP contribution in [0.15, 0.2) is 43.1 Å². The molecule has 1 aromatic heterocycles. The maximum atomic E-state index is 15.0. The van der Waals surface area contributed by atoms with Gasteiger partial charge in [-0.3, -0.25) is 14.6 Å². The zero-order valence-corrected chi connectivity index (χ0v) is 19.2. The van der Waals surface area contributed by atoms with Crippen LogP contribution in [0.25, 0.3) is 11.3 Å². The first-order valence-corrected chi connectivity index (χ1v) is 10.3. The zero-order valence-electron chi connectivity index (χ0n) is 18.5.